The molecule has 19 nitrogen and oxygen atoms in total. The molecule has 0 aliphatic carbocycles. The summed E-state index contributed by atoms with van der Waals surface area (Å²) < 4.78 is 15.9. The zero-order valence-electron chi connectivity index (χ0n) is 31.2. The lowest BCUT2D eigenvalue weighted by atomic mass is 10.0. The average molecular weight is 751 g/mol. The standard InChI is InChI=1S/C34H50N6O13/c1-19(2)27(38-32(48)53-34(6,7)8)30(45)39-15-9-10-23(39)29(44)35-17-25(41)37-22(16-24(31(46)47)52-33(3,4)5)28(43)36-18-26(42)51-21-13-11-20(12-14-21)40(49)50/h11-14,19,22-24,27H,9-10,15-18H2,1-8H3,(H,35,44)(H,36,43)(H,37,41)(H,38,48)(H,46,47)/t22-,23-,24?,27-/m0/s1. The van der Waals surface area contributed by atoms with Crippen molar-refractivity contribution < 1.29 is 57.8 Å². The summed E-state index contributed by atoms with van der Waals surface area (Å²) in [6.07, 6.45) is -2.18. The van der Waals surface area contributed by atoms with Crippen molar-refractivity contribution in [3.8, 4) is 5.75 Å². The summed E-state index contributed by atoms with van der Waals surface area (Å²) in [6, 6.07) is 1.06. The van der Waals surface area contributed by atoms with Crippen LogP contribution in [0.1, 0.15) is 74.7 Å². The predicted octanol–water partition coefficient (Wildman–Crippen LogP) is 1.42. The Hall–Kier alpha value is -5.33. The number of nitro groups is 1. The van der Waals surface area contributed by atoms with Crippen LogP contribution in [0.2, 0.25) is 0 Å². The van der Waals surface area contributed by atoms with E-state index < -0.39 is 102 Å². The normalized spacial score (nSPS) is 16.1. The van der Waals surface area contributed by atoms with Crippen LogP contribution in [0.4, 0.5) is 10.5 Å². The van der Waals surface area contributed by atoms with Gasteiger partial charge in [0.05, 0.1) is 17.1 Å². The number of aliphatic carboxylic acids is 1. The lowest BCUT2D eigenvalue weighted by molar-refractivity contribution is -0.384. The number of benzene rings is 1. The molecular formula is C34H50N6O13. The maximum absolute atomic E-state index is 13.5. The lowest BCUT2D eigenvalue weighted by Crippen LogP contribution is -2.56. The van der Waals surface area contributed by atoms with Crippen molar-refractivity contribution in [2.75, 3.05) is 19.6 Å². The Balaban J connectivity index is 2.11. The van der Waals surface area contributed by atoms with Gasteiger partial charge in [-0.05, 0) is 72.4 Å². The molecule has 53 heavy (non-hydrogen) atoms. The zero-order valence-corrected chi connectivity index (χ0v) is 31.2. The first-order valence-corrected chi connectivity index (χ1v) is 17.0. The van der Waals surface area contributed by atoms with E-state index in [-0.39, 0.29) is 30.3 Å². The van der Waals surface area contributed by atoms with Gasteiger partial charge in [0.15, 0.2) is 6.10 Å². The van der Waals surface area contributed by atoms with Crippen LogP contribution in [0, 0.1) is 16.0 Å². The number of carboxylic acid groups (broad SMARTS) is 1. The minimum absolute atomic E-state index is 0.0403. The Morgan fingerprint density at radius 2 is 1.57 bits per heavy atom. The van der Waals surface area contributed by atoms with Gasteiger partial charge in [-0.25, -0.2) is 14.4 Å². The SMILES string of the molecule is CC(C)[C@H](NC(=O)OC(C)(C)C)C(=O)N1CCC[C@H]1C(=O)NCC(=O)N[C@@H](CC(OC(C)(C)C)C(=O)O)C(=O)NCC(=O)Oc1ccc([N+](=O)[O-])cc1. The molecule has 1 heterocycles. The number of nitrogens with zero attached hydrogens (tertiary/aromatic N) is 2. The smallest absolute Gasteiger partial charge is 0.408 e. The Bertz CT molecular complexity index is 1520. The molecule has 1 fully saturated rings. The third-order valence-corrected chi connectivity index (χ3v) is 7.43. The summed E-state index contributed by atoms with van der Waals surface area (Å²) in [5, 5.41) is 30.3. The molecule has 0 radical (unpaired) electrons. The van der Waals surface area contributed by atoms with Crippen molar-refractivity contribution in [2.24, 2.45) is 5.92 Å². The van der Waals surface area contributed by atoms with Gasteiger partial charge in [0, 0.05) is 25.1 Å². The Labute approximate surface area is 307 Å². The second kappa shape index (κ2) is 19.0. The third-order valence-electron chi connectivity index (χ3n) is 7.43. The van der Waals surface area contributed by atoms with Crippen LogP contribution in [0.15, 0.2) is 24.3 Å². The molecule has 1 aliphatic heterocycles. The molecule has 5 N–H and O–H groups in total. The Kier molecular flexibility index (Phi) is 15.7. The van der Waals surface area contributed by atoms with Gasteiger partial charge in [-0.2, -0.15) is 0 Å². The van der Waals surface area contributed by atoms with Crippen LogP contribution in [0.25, 0.3) is 0 Å². The van der Waals surface area contributed by atoms with E-state index in [2.05, 4.69) is 21.3 Å². The predicted molar refractivity (Wildman–Crippen MR) is 186 cm³/mol. The monoisotopic (exact) mass is 750 g/mol. The number of carbonyl (C=O) groups excluding carboxylic acids is 6. The number of amides is 5. The zero-order chi connectivity index (χ0) is 40.3. The highest BCUT2D eigenvalue weighted by Gasteiger charge is 2.39. The molecule has 1 aromatic carbocycles. The molecule has 1 aromatic rings. The van der Waals surface area contributed by atoms with Crippen molar-refractivity contribution in [2.45, 2.75) is 110 Å². The molecule has 0 aromatic heterocycles. The van der Waals surface area contributed by atoms with Gasteiger partial charge in [0.2, 0.25) is 23.6 Å². The van der Waals surface area contributed by atoms with E-state index in [4.69, 9.17) is 14.2 Å². The van der Waals surface area contributed by atoms with Crippen LogP contribution in [-0.2, 0) is 38.2 Å². The van der Waals surface area contributed by atoms with E-state index in [0.717, 1.165) is 12.1 Å². The average Bonchev–Trinajstić information content (AvgIpc) is 3.53. The minimum Gasteiger partial charge on any atom is -0.479 e. The molecule has 5 amide bonds. The number of alkyl carbamates (subject to hydrolysis) is 1. The number of carboxylic acids is 1. The fourth-order valence-electron chi connectivity index (χ4n) is 5.12. The summed E-state index contributed by atoms with van der Waals surface area (Å²) in [6.45, 7) is 12.1. The first-order chi connectivity index (χ1) is 24.5. The van der Waals surface area contributed by atoms with E-state index in [1.807, 2.05) is 0 Å². The molecular weight excluding hydrogens is 700 g/mol. The van der Waals surface area contributed by atoms with Gasteiger partial charge >= 0.3 is 18.0 Å². The van der Waals surface area contributed by atoms with Gasteiger partial charge in [-0.1, -0.05) is 13.8 Å². The van der Waals surface area contributed by atoms with Crippen LogP contribution in [-0.4, -0.2) is 112 Å². The number of ether oxygens (including phenoxy) is 3. The van der Waals surface area contributed by atoms with Crippen molar-refractivity contribution in [3.05, 3.63) is 34.4 Å². The first kappa shape index (κ1) is 43.8. The number of likely N-dealkylation sites (tertiary alicyclic amines) is 1. The molecule has 1 aliphatic rings. The van der Waals surface area contributed by atoms with E-state index in [1.54, 1.807) is 55.4 Å². The summed E-state index contributed by atoms with van der Waals surface area (Å²) >= 11 is 0. The molecule has 1 saturated heterocycles. The van der Waals surface area contributed by atoms with Crippen molar-refractivity contribution in [3.63, 3.8) is 0 Å². The summed E-state index contributed by atoms with van der Waals surface area (Å²) in [4.78, 5) is 101. The topological polar surface area (TPSA) is 262 Å². The van der Waals surface area contributed by atoms with E-state index in [1.165, 1.54) is 17.0 Å². The maximum Gasteiger partial charge on any atom is 0.408 e. The first-order valence-electron chi connectivity index (χ1n) is 17.0. The highest BCUT2D eigenvalue weighted by molar-refractivity contribution is 5.95. The number of esters is 1. The third kappa shape index (κ3) is 15.0. The van der Waals surface area contributed by atoms with Crippen LogP contribution in [0.3, 0.4) is 0 Å². The molecule has 2 rings (SSSR count). The summed E-state index contributed by atoms with van der Waals surface area (Å²) in [5.41, 5.74) is -2.00. The molecule has 19 heteroatoms. The van der Waals surface area contributed by atoms with Gasteiger partial charge in [-0.3, -0.25) is 29.3 Å². The fourth-order valence-corrected chi connectivity index (χ4v) is 5.12. The van der Waals surface area contributed by atoms with Gasteiger partial charge in [0.25, 0.3) is 5.69 Å². The number of nitrogens with one attached hydrogen (secondary N) is 4. The van der Waals surface area contributed by atoms with Gasteiger partial charge in [0.1, 0.15) is 36.0 Å². The minimum atomic E-state index is -1.58. The van der Waals surface area contributed by atoms with Crippen LogP contribution in [0.5, 0.6) is 5.75 Å². The second-order valence-corrected chi connectivity index (χ2v) is 14.6. The second-order valence-electron chi connectivity index (χ2n) is 14.6. The molecule has 0 spiro atoms. The Morgan fingerprint density at radius 3 is 2.09 bits per heavy atom. The van der Waals surface area contributed by atoms with Gasteiger partial charge in [-0.15, -0.1) is 0 Å². The molecule has 1 unspecified atom stereocenters. The fraction of sp³-hybridized carbons (Fsp3) is 0.618. The number of carbonyl (C=O) groups is 7. The van der Waals surface area contributed by atoms with E-state index in [9.17, 15) is 48.8 Å². The van der Waals surface area contributed by atoms with Crippen molar-refractivity contribution >= 4 is 47.3 Å². The number of rotatable bonds is 16. The molecule has 0 bridgehead atoms. The summed E-state index contributed by atoms with van der Waals surface area (Å²) in [7, 11) is 0. The quantitative estimate of drug-likeness (QED) is 0.0694. The van der Waals surface area contributed by atoms with Crippen LogP contribution < -0.4 is 26.0 Å². The lowest BCUT2D eigenvalue weighted by Gasteiger charge is -2.31. The maximum atomic E-state index is 13.5. The van der Waals surface area contributed by atoms with E-state index >= 15 is 0 Å². The summed E-state index contributed by atoms with van der Waals surface area (Å²) in [5.74, 6) is -5.83. The molecule has 294 valence electrons. The molecule has 4 atom stereocenters. The van der Waals surface area contributed by atoms with Crippen LogP contribution >= 0.6 is 0 Å². The van der Waals surface area contributed by atoms with E-state index in [0.29, 0.717) is 6.42 Å². The Morgan fingerprint density at radius 1 is 0.943 bits per heavy atom. The van der Waals surface area contributed by atoms with Crippen molar-refractivity contribution in [1.82, 2.24) is 26.2 Å². The highest BCUT2D eigenvalue weighted by atomic mass is 16.6. The number of hydrogen-bond donors (Lipinski definition) is 5. The number of non-ortho nitro benzene ring substituents is 1. The van der Waals surface area contributed by atoms with Gasteiger partial charge < -0.3 is 45.5 Å². The molecule has 0 saturated carbocycles. The largest absolute Gasteiger partial charge is 0.479 e. The van der Waals surface area contributed by atoms with Crippen molar-refractivity contribution in [1.29, 1.82) is 0 Å². The highest BCUT2D eigenvalue weighted by Crippen LogP contribution is 2.21. The number of nitro benzene ring substituents is 1. The number of hydrogen-bond acceptors (Lipinski definition) is 12.